The van der Waals surface area contributed by atoms with Crippen molar-refractivity contribution >= 4 is 15.7 Å². The van der Waals surface area contributed by atoms with Crippen LogP contribution >= 0.6 is 0 Å². The van der Waals surface area contributed by atoms with Crippen molar-refractivity contribution in [1.82, 2.24) is 15.3 Å². The highest BCUT2D eigenvalue weighted by molar-refractivity contribution is 7.92. The Morgan fingerprint density at radius 2 is 2.05 bits per heavy atom. The third-order valence-corrected chi connectivity index (χ3v) is 3.75. The lowest BCUT2D eigenvalue weighted by Gasteiger charge is -2.08. The molecule has 6 nitrogen and oxygen atoms in total. The first-order valence-corrected chi connectivity index (χ1v) is 7.23. The summed E-state index contributed by atoms with van der Waals surface area (Å²) in [6.07, 6.45) is 3.68. The Morgan fingerprint density at radius 3 is 2.65 bits per heavy atom. The maximum atomic E-state index is 13.4. The van der Waals surface area contributed by atoms with Gasteiger partial charge in [0.1, 0.15) is 0 Å². The van der Waals surface area contributed by atoms with Crippen LogP contribution in [0.3, 0.4) is 0 Å². The second kappa shape index (κ2) is 5.93. The number of halogens is 1. The lowest BCUT2D eigenvalue weighted by atomic mass is 10.3. The molecule has 106 valence electrons. The van der Waals surface area contributed by atoms with Gasteiger partial charge in [0, 0.05) is 18.9 Å². The van der Waals surface area contributed by atoms with Crippen LogP contribution in [0.15, 0.2) is 41.8 Å². The zero-order valence-electron chi connectivity index (χ0n) is 10.7. The molecule has 0 fully saturated rings. The number of hydrogen-bond donors (Lipinski definition) is 2. The van der Waals surface area contributed by atoms with Crippen molar-refractivity contribution in [3.8, 4) is 0 Å². The Hall–Kier alpha value is -2.06. The third kappa shape index (κ3) is 3.28. The minimum atomic E-state index is -3.92. The van der Waals surface area contributed by atoms with Crippen molar-refractivity contribution in [3.63, 3.8) is 0 Å². The molecule has 0 aliphatic heterocycles. The van der Waals surface area contributed by atoms with Crippen molar-refractivity contribution in [2.45, 2.75) is 11.6 Å². The summed E-state index contributed by atoms with van der Waals surface area (Å²) in [6, 6.07) is 4.25. The molecule has 0 spiro atoms. The topological polar surface area (TPSA) is 84.0 Å². The molecule has 0 aliphatic carbocycles. The number of sulfonamides is 1. The van der Waals surface area contributed by atoms with Gasteiger partial charge in [-0.3, -0.25) is 9.71 Å². The first-order chi connectivity index (χ1) is 9.53. The fourth-order valence-electron chi connectivity index (χ4n) is 1.53. The van der Waals surface area contributed by atoms with E-state index in [9.17, 15) is 12.8 Å². The summed E-state index contributed by atoms with van der Waals surface area (Å²) < 4.78 is 39.6. The Balaban J connectivity index is 2.24. The van der Waals surface area contributed by atoms with E-state index in [-0.39, 0.29) is 10.7 Å². The minimum absolute atomic E-state index is 0.166. The maximum Gasteiger partial charge on any atom is 0.279 e. The molecule has 0 saturated carbocycles. The van der Waals surface area contributed by atoms with Crippen molar-refractivity contribution in [2.75, 3.05) is 11.8 Å². The molecule has 0 saturated heterocycles. The number of nitrogens with zero attached hydrogens (tertiary/aromatic N) is 2. The van der Waals surface area contributed by atoms with E-state index in [2.05, 4.69) is 20.0 Å². The van der Waals surface area contributed by atoms with Crippen LogP contribution in [0, 0.1) is 5.82 Å². The van der Waals surface area contributed by atoms with Crippen LogP contribution in [0.1, 0.15) is 5.56 Å². The zero-order valence-corrected chi connectivity index (χ0v) is 11.5. The van der Waals surface area contributed by atoms with E-state index in [1.165, 1.54) is 24.5 Å². The van der Waals surface area contributed by atoms with Gasteiger partial charge in [-0.1, -0.05) is 6.07 Å². The van der Waals surface area contributed by atoms with Gasteiger partial charge in [0.05, 0.1) is 11.9 Å². The first-order valence-electron chi connectivity index (χ1n) is 5.75. The number of anilines is 1. The number of aromatic nitrogens is 2. The van der Waals surface area contributed by atoms with Crippen molar-refractivity contribution in [3.05, 3.63) is 48.2 Å². The molecule has 8 heteroatoms. The van der Waals surface area contributed by atoms with Crippen molar-refractivity contribution < 1.29 is 12.8 Å². The molecule has 2 rings (SSSR count). The molecule has 2 heterocycles. The highest BCUT2D eigenvalue weighted by atomic mass is 32.2. The summed E-state index contributed by atoms with van der Waals surface area (Å²) in [5.74, 6) is -0.747. The molecule has 0 radical (unpaired) electrons. The van der Waals surface area contributed by atoms with Gasteiger partial charge in [-0.15, -0.1) is 0 Å². The van der Waals surface area contributed by atoms with Crippen molar-refractivity contribution in [1.29, 1.82) is 0 Å². The van der Waals surface area contributed by atoms with E-state index < -0.39 is 15.8 Å². The number of rotatable bonds is 5. The van der Waals surface area contributed by atoms with Crippen LogP contribution in [0.5, 0.6) is 0 Å². The highest BCUT2D eigenvalue weighted by Crippen LogP contribution is 2.16. The molecule has 0 unspecified atom stereocenters. The second-order valence-electron chi connectivity index (χ2n) is 4.00. The van der Waals surface area contributed by atoms with Crippen LogP contribution in [0.4, 0.5) is 10.1 Å². The van der Waals surface area contributed by atoms with E-state index in [1.54, 1.807) is 13.1 Å². The fraction of sp³-hybridized carbons (Fsp3) is 0.167. The molecule has 0 bridgehead atoms. The monoisotopic (exact) mass is 296 g/mol. The van der Waals surface area contributed by atoms with Crippen molar-refractivity contribution in [2.24, 2.45) is 0 Å². The smallest absolute Gasteiger partial charge is 0.279 e. The second-order valence-corrected chi connectivity index (χ2v) is 5.63. The summed E-state index contributed by atoms with van der Waals surface area (Å²) in [7, 11) is -2.14. The quantitative estimate of drug-likeness (QED) is 0.864. The van der Waals surface area contributed by atoms with Crippen LogP contribution in [0.25, 0.3) is 0 Å². The highest BCUT2D eigenvalue weighted by Gasteiger charge is 2.17. The van der Waals surface area contributed by atoms with Crippen LogP contribution in [-0.2, 0) is 16.6 Å². The van der Waals surface area contributed by atoms with Crippen LogP contribution in [0.2, 0.25) is 0 Å². The van der Waals surface area contributed by atoms with E-state index >= 15 is 0 Å². The molecular formula is C12H13FN4O2S. The lowest BCUT2D eigenvalue weighted by Crippen LogP contribution is -2.16. The largest absolute Gasteiger partial charge is 0.316 e. The summed E-state index contributed by atoms with van der Waals surface area (Å²) in [4.78, 5) is 7.41. The number of hydrogen-bond acceptors (Lipinski definition) is 5. The molecule has 0 aromatic carbocycles. The SMILES string of the molecule is CNCc1ccc(S(=O)(=O)Nc2ccncc2F)nc1. The Labute approximate surface area is 116 Å². The van der Waals surface area contributed by atoms with E-state index in [0.29, 0.717) is 6.54 Å². The van der Waals surface area contributed by atoms with Gasteiger partial charge >= 0.3 is 0 Å². The average Bonchev–Trinajstić information content (AvgIpc) is 2.42. The lowest BCUT2D eigenvalue weighted by molar-refractivity contribution is 0.594. The third-order valence-electron chi connectivity index (χ3n) is 2.47. The number of nitrogens with one attached hydrogen (secondary N) is 2. The molecular weight excluding hydrogens is 283 g/mol. The Kier molecular flexibility index (Phi) is 4.26. The van der Waals surface area contributed by atoms with Gasteiger partial charge in [0.2, 0.25) is 0 Å². The van der Waals surface area contributed by atoms with Gasteiger partial charge in [0.15, 0.2) is 10.8 Å². The minimum Gasteiger partial charge on any atom is -0.316 e. The van der Waals surface area contributed by atoms with Crippen LogP contribution < -0.4 is 10.0 Å². The van der Waals surface area contributed by atoms with Gasteiger partial charge < -0.3 is 5.32 Å². The molecule has 0 aliphatic rings. The van der Waals surface area contributed by atoms with Gasteiger partial charge in [-0.05, 0) is 24.7 Å². The first kappa shape index (κ1) is 14.4. The fourth-order valence-corrected chi connectivity index (χ4v) is 2.53. The Bertz CT molecular complexity index is 689. The van der Waals surface area contributed by atoms with Gasteiger partial charge in [-0.2, -0.15) is 8.42 Å². The maximum absolute atomic E-state index is 13.4. The zero-order chi connectivity index (χ0) is 14.6. The van der Waals surface area contributed by atoms with Gasteiger partial charge in [-0.25, -0.2) is 9.37 Å². The molecule has 2 aromatic heterocycles. The molecule has 2 aromatic rings. The summed E-state index contributed by atoms with van der Waals surface area (Å²) in [5.41, 5.74) is 0.683. The number of pyridine rings is 2. The average molecular weight is 296 g/mol. The van der Waals surface area contributed by atoms with E-state index in [1.807, 2.05) is 0 Å². The predicted molar refractivity (Wildman–Crippen MR) is 72.0 cm³/mol. The molecule has 0 amide bonds. The summed E-state index contributed by atoms with van der Waals surface area (Å²) >= 11 is 0. The van der Waals surface area contributed by atoms with Crippen LogP contribution in [-0.4, -0.2) is 25.4 Å². The Morgan fingerprint density at radius 1 is 1.25 bits per heavy atom. The van der Waals surface area contributed by atoms with E-state index in [0.717, 1.165) is 11.8 Å². The van der Waals surface area contributed by atoms with Gasteiger partial charge in [0.25, 0.3) is 10.0 Å². The summed E-state index contributed by atoms with van der Waals surface area (Å²) in [6.45, 7) is 0.583. The normalized spacial score (nSPS) is 11.3. The molecule has 20 heavy (non-hydrogen) atoms. The molecule has 0 atom stereocenters. The van der Waals surface area contributed by atoms with E-state index in [4.69, 9.17) is 0 Å². The predicted octanol–water partition coefficient (Wildman–Crippen LogP) is 1.14. The summed E-state index contributed by atoms with van der Waals surface area (Å²) in [5, 5.41) is 2.76. The standard InChI is InChI=1S/C12H13FN4O2S/c1-14-6-9-2-3-12(16-7-9)20(18,19)17-11-4-5-15-8-10(11)13/h2-5,7-8,14H,6H2,1H3,(H,15,17). The molecule has 2 N–H and O–H groups in total.